The molecule has 0 bridgehead atoms. The Morgan fingerprint density at radius 2 is 1.70 bits per heavy atom. The minimum atomic E-state index is -3.92. The first-order chi connectivity index (χ1) is 14.2. The van der Waals surface area contributed by atoms with Gasteiger partial charge in [0.25, 0.3) is 0 Å². The number of hydrogen-bond acceptors (Lipinski definition) is 6. The van der Waals surface area contributed by atoms with E-state index in [9.17, 15) is 18.0 Å². The molecule has 0 saturated carbocycles. The lowest BCUT2D eigenvalue weighted by molar-refractivity contribution is -0.122. The maximum Gasteiger partial charge on any atom is 0.241 e. The lowest BCUT2D eigenvalue weighted by Crippen LogP contribution is -2.44. The second-order valence-electron chi connectivity index (χ2n) is 6.44. The van der Waals surface area contributed by atoms with E-state index in [1.54, 1.807) is 18.2 Å². The molecule has 0 spiro atoms. The molecule has 0 saturated heterocycles. The summed E-state index contributed by atoms with van der Waals surface area (Å²) in [6, 6.07) is 9.80. The number of hydrogen-bond donors (Lipinski definition) is 3. The van der Waals surface area contributed by atoms with Crippen LogP contribution in [-0.4, -0.2) is 40.5 Å². The van der Waals surface area contributed by atoms with Crippen molar-refractivity contribution in [2.24, 2.45) is 0 Å². The minimum Gasteiger partial charge on any atom is -0.497 e. The number of rotatable bonds is 9. The Labute approximate surface area is 175 Å². The zero-order valence-corrected chi connectivity index (χ0v) is 18.0. The zero-order valence-electron chi connectivity index (χ0n) is 17.2. The predicted molar refractivity (Wildman–Crippen MR) is 112 cm³/mol. The fourth-order valence-corrected chi connectivity index (χ4v) is 3.83. The van der Waals surface area contributed by atoms with Gasteiger partial charge in [-0.2, -0.15) is 4.72 Å². The Kier molecular flexibility index (Phi) is 7.79. The van der Waals surface area contributed by atoms with Crippen LogP contribution in [0.15, 0.2) is 47.4 Å². The molecule has 3 N–H and O–H groups in total. The Morgan fingerprint density at radius 3 is 2.27 bits per heavy atom. The molecule has 10 heteroatoms. The molecule has 0 radical (unpaired) electrons. The van der Waals surface area contributed by atoms with Crippen LogP contribution in [-0.2, 0) is 26.2 Å². The summed E-state index contributed by atoms with van der Waals surface area (Å²) in [6.45, 7) is 2.94. The molecule has 2 rings (SSSR count). The molecule has 0 aliphatic heterocycles. The van der Waals surface area contributed by atoms with Crippen LogP contribution >= 0.6 is 0 Å². The van der Waals surface area contributed by atoms with Gasteiger partial charge >= 0.3 is 0 Å². The molecule has 0 fully saturated rings. The second kappa shape index (κ2) is 10.1. The SMILES string of the molecule is COc1ccc(OC)c(CNC(=O)[C@H](C)NS(=O)(=O)c2ccc(NC(C)=O)cc2)c1. The van der Waals surface area contributed by atoms with Gasteiger partial charge in [0.2, 0.25) is 21.8 Å². The van der Waals surface area contributed by atoms with Crippen molar-refractivity contribution in [3.63, 3.8) is 0 Å². The number of nitrogens with one attached hydrogen (secondary N) is 3. The normalized spacial score (nSPS) is 12.0. The van der Waals surface area contributed by atoms with E-state index in [4.69, 9.17) is 9.47 Å². The number of carbonyl (C=O) groups excluding carboxylic acids is 2. The molecule has 162 valence electrons. The van der Waals surface area contributed by atoms with Crippen LogP contribution in [0.5, 0.6) is 11.5 Å². The third-order valence-electron chi connectivity index (χ3n) is 4.15. The molecule has 1 atom stereocenters. The van der Waals surface area contributed by atoms with E-state index in [1.807, 2.05) is 0 Å². The fourth-order valence-electron chi connectivity index (χ4n) is 2.63. The Balaban J connectivity index is 2.02. The molecule has 2 aromatic carbocycles. The summed E-state index contributed by atoms with van der Waals surface area (Å²) in [5.41, 5.74) is 1.16. The Bertz CT molecular complexity index is 1010. The van der Waals surface area contributed by atoms with E-state index in [0.29, 0.717) is 22.7 Å². The van der Waals surface area contributed by atoms with Crippen molar-refractivity contribution in [1.29, 1.82) is 0 Å². The smallest absolute Gasteiger partial charge is 0.241 e. The topological polar surface area (TPSA) is 123 Å². The van der Waals surface area contributed by atoms with E-state index in [-0.39, 0.29) is 17.3 Å². The monoisotopic (exact) mass is 435 g/mol. The number of benzene rings is 2. The van der Waals surface area contributed by atoms with Crippen molar-refractivity contribution in [2.45, 2.75) is 31.3 Å². The van der Waals surface area contributed by atoms with Crippen molar-refractivity contribution in [2.75, 3.05) is 19.5 Å². The summed E-state index contributed by atoms with van der Waals surface area (Å²) in [7, 11) is -0.878. The van der Waals surface area contributed by atoms with Gasteiger partial charge in [-0.3, -0.25) is 9.59 Å². The number of ether oxygens (including phenoxy) is 2. The summed E-state index contributed by atoms with van der Waals surface area (Å²) in [5, 5.41) is 5.24. The largest absolute Gasteiger partial charge is 0.497 e. The lowest BCUT2D eigenvalue weighted by atomic mass is 10.2. The van der Waals surface area contributed by atoms with Crippen LogP contribution < -0.4 is 24.8 Å². The fraction of sp³-hybridized carbons (Fsp3) is 0.300. The quantitative estimate of drug-likeness (QED) is 0.550. The van der Waals surface area contributed by atoms with Crippen molar-refractivity contribution < 1.29 is 27.5 Å². The predicted octanol–water partition coefficient (Wildman–Crippen LogP) is 1.65. The van der Waals surface area contributed by atoms with Gasteiger partial charge < -0.3 is 20.1 Å². The van der Waals surface area contributed by atoms with Gasteiger partial charge in [-0.1, -0.05) is 0 Å². The van der Waals surface area contributed by atoms with E-state index in [2.05, 4.69) is 15.4 Å². The van der Waals surface area contributed by atoms with E-state index in [1.165, 1.54) is 52.3 Å². The molecule has 0 aliphatic carbocycles. The number of carbonyl (C=O) groups is 2. The second-order valence-corrected chi connectivity index (χ2v) is 8.16. The van der Waals surface area contributed by atoms with Crippen LogP contribution in [0.4, 0.5) is 5.69 Å². The van der Waals surface area contributed by atoms with Crippen molar-refractivity contribution in [3.05, 3.63) is 48.0 Å². The first-order valence-electron chi connectivity index (χ1n) is 9.05. The average molecular weight is 436 g/mol. The summed E-state index contributed by atoms with van der Waals surface area (Å²) in [6.07, 6.45) is 0. The van der Waals surface area contributed by atoms with Gasteiger partial charge in [0.15, 0.2) is 0 Å². The Morgan fingerprint density at radius 1 is 1.03 bits per heavy atom. The van der Waals surface area contributed by atoms with Gasteiger partial charge in [0.1, 0.15) is 11.5 Å². The van der Waals surface area contributed by atoms with Crippen molar-refractivity contribution in [3.8, 4) is 11.5 Å². The summed E-state index contributed by atoms with van der Waals surface area (Å²) in [4.78, 5) is 23.4. The van der Waals surface area contributed by atoms with Crippen molar-refractivity contribution >= 4 is 27.5 Å². The minimum absolute atomic E-state index is 0.0225. The number of amides is 2. The third kappa shape index (κ3) is 6.19. The van der Waals surface area contributed by atoms with Gasteiger partial charge in [-0.15, -0.1) is 0 Å². The van der Waals surface area contributed by atoms with Crippen LogP contribution in [0, 0.1) is 0 Å². The molecule has 2 amide bonds. The third-order valence-corrected chi connectivity index (χ3v) is 5.71. The Hall–Kier alpha value is -3.11. The van der Waals surface area contributed by atoms with E-state index in [0.717, 1.165) is 0 Å². The molecule has 0 heterocycles. The highest BCUT2D eigenvalue weighted by molar-refractivity contribution is 7.89. The maximum atomic E-state index is 12.5. The first-order valence-corrected chi connectivity index (χ1v) is 10.5. The highest BCUT2D eigenvalue weighted by Crippen LogP contribution is 2.23. The number of sulfonamides is 1. The molecule has 0 aliphatic rings. The van der Waals surface area contributed by atoms with Gasteiger partial charge in [0.05, 0.1) is 25.2 Å². The van der Waals surface area contributed by atoms with Crippen LogP contribution in [0.2, 0.25) is 0 Å². The molecule has 0 aromatic heterocycles. The lowest BCUT2D eigenvalue weighted by Gasteiger charge is -2.16. The maximum absolute atomic E-state index is 12.5. The average Bonchev–Trinajstić information content (AvgIpc) is 2.71. The van der Waals surface area contributed by atoms with Gasteiger partial charge in [-0.05, 0) is 49.4 Å². The summed E-state index contributed by atoms with van der Waals surface area (Å²) >= 11 is 0. The molecular weight excluding hydrogens is 410 g/mol. The molecule has 2 aromatic rings. The molecule has 30 heavy (non-hydrogen) atoms. The van der Waals surface area contributed by atoms with Gasteiger partial charge in [-0.25, -0.2) is 8.42 Å². The highest BCUT2D eigenvalue weighted by Gasteiger charge is 2.22. The standard InChI is InChI=1S/C20H25N3O6S/c1-13(20(25)21-12-15-11-17(28-3)7-10-19(15)29-4)23-30(26,27)18-8-5-16(6-9-18)22-14(2)24/h5-11,13,23H,12H2,1-4H3,(H,21,25)(H,22,24)/t13-/m0/s1. The van der Waals surface area contributed by atoms with Crippen LogP contribution in [0.25, 0.3) is 0 Å². The summed E-state index contributed by atoms with van der Waals surface area (Å²) < 4.78 is 37.8. The zero-order chi connectivity index (χ0) is 22.3. The molecular formula is C20H25N3O6S. The van der Waals surface area contributed by atoms with E-state index < -0.39 is 22.0 Å². The van der Waals surface area contributed by atoms with Crippen LogP contribution in [0.3, 0.4) is 0 Å². The van der Waals surface area contributed by atoms with Gasteiger partial charge in [0, 0.05) is 24.7 Å². The van der Waals surface area contributed by atoms with E-state index >= 15 is 0 Å². The number of anilines is 1. The summed E-state index contributed by atoms with van der Waals surface area (Å²) in [5.74, 6) is 0.417. The van der Waals surface area contributed by atoms with Crippen molar-refractivity contribution in [1.82, 2.24) is 10.0 Å². The molecule has 9 nitrogen and oxygen atoms in total. The highest BCUT2D eigenvalue weighted by atomic mass is 32.2. The first kappa shape index (κ1) is 23.2. The van der Waals surface area contributed by atoms with Crippen LogP contribution in [0.1, 0.15) is 19.4 Å². The molecule has 0 unspecified atom stereocenters. The number of methoxy groups -OCH3 is 2.